The Hall–Kier alpha value is -7.78. The molecule has 0 fully saturated rings. The van der Waals surface area contributed by atoms with Crippen LogP contribution in [-0.2, 0) is 0 Å². The lowest BCUT2D eigenvalue weighted by Gasteiger charge is -2.28. The maximum atomic E-state index is 2.48. The predicted octanol–water partition coefficient (Wildman–Crippen LogP) is 17.8. The fourth-order valence-corrected chi connectivity index (χ4v) is 11.3. The Kier molecular flexibility index (Phi) is 7.85. The highest BCUT2D eigenvalue weighted by Crippen LogP contribution is 2.47. The van der Waals surface area contributed by atoms with Crippen molar-refractivity contribution in [1.29, 1.82) is 0 Å². The Bertz CT molecular complexity index is 3940. The summed E-state index contributed by atoms with van der Waals surface area (Å²) < 4.78 is 2.63. The highest BCUT2D eigenvalue weighted by atomic mass is 32.1. The van der Waals surface area contributed by atoms with E-state index in [0.29, 0.717) is 0 Å². The molecule has 12 aromatic carbocycles. The van der Waals surface area contributed by atoms with Crippen LogP contribution < -0.4 is 4.90 Å². The average molecular weight is 804 g/mol. The molecule has 13 rings (SSSR count). The van der Waals surface area contributed by atoms with Crippen molar-refractivity contribution < 1.29 is 0 Å². The van der Waals surface area contributed by atoms with Crippen molar-refractivity contribution in [2.45, 2.75) is 0 Å². The fourth-order valence-electron chi connectivity index (χ4n) is 10.1. The van der Waals surface area contributed by atoms with Gasteiger partial charge in [0, 0.05) is 36.9 Å². The molecule has 1 aromatic heterocycles. The zero-order valence-corrected chi connectivity index (χ0v) is 34.5. The molecule has 2 heteroatoms. The molecule has 0 atom stereocenters. The first-order valence-electron chi connectivity index (χ1n) is 21.3. The molecule has 1 nitrogen and oxygen atoms in total. The number of anilines is 3. The summed E-state index contributed by atoms with van der Waals surface area (Å²) in [6.07, 6.45) is 0. The quantitative estimate of drug-likeness (QED) is 0.157. The van der Waals surface area contributed by atoms with Crippen molar-refractivity contribution in [3.63, 3.8) is 0 Å². The van der Waals surface area contributed by atoms with Crippen molar-refractivity contribution in [3.05, 3.63) is 224 Å². The fraction of sp³-hybridized carbons (Fsp3) is 0. The van der Waals surface area contributed by atoms with Crippen molar-refractivity contribution in [2.75, 3.05) is 4.90 Å². The summed E-state index contributed by atoms with van der Waals surface area (Å²) in [6, 6.07) is 83.2. The molecule has 0 amide bonds. The Labute approximate surface area is 363 Å². The SMILES string of the molecule is c1ccc2c(-c3ccc(N(c4ccc5ccc(-c6cc7ccccc7c7ccccc67)cc5c4)c4ccc5sc6c7ccccc7ccc6c5c4)c4ccccc34)cccc2c1. The summed E-state index contributed by atoms with van der Waals surface area (Å²) >= 11 is 1.89. The van der Waals surface area contributed by atoms with E-state index in [4.69, 9.17) is 0 Å². The molecule has 0 radical (unpaired) electrons. The van der Waals surface area contributed by atoms with Crippen LogP contribution in [0.3, 0.4) is 0 Å². The first kappa shape index (κ1) is 35.0. The van der Waals surface area contributed by atoms with E-state index in [1.54, 1.807) is 0 Å². The molecular formula is C60H37NS. The van der Waals surface area contributed by atoms with Crippen LogP contribution >= 0.6 is 11.3 Å². The Morgan fingerprint density at radius 1 is 0.274 bits per heavy atom. The van der Waals surface area contributed by atoms with Gasteiger partial charge in [-0.15, -0.1) is 11.3 Å². The van der Waals surface area contributed by atoms with Crippen LogP contribution in [0.2, 0.25) is 0 Å². The van der Waals surface area contributed by atoms with Gasteiger partial charge in [-0.25, -0.2) is 0 Å². The third kappa shape index (κ3) is 5.47. The molecule has 0 aliphatic heterocycles. The molecule has 0 N–H and O–H groups in total. The number of fused-ring (bicyclic) bond motifs is 11. The van der Waals surface area contributed by atoms with Gasteiger partial charge in [0.25, 0.3) is 0 Å². The van der Waals surface area contributed by atoms with Crippen LogP contribution in [0.25, 0.3) is 107 Å². The second-order valence-electron chi connectivity index (χ2n) is 16.4. The van der Waals surface area contributed by atoms with Gasteiger partial charge in [0.15, 0.2) is 0 Å². The van der Waals surface area contributed by atoms with E-state index in [9.17, 15) is 0 Å². The molecule has 288 valence electrons. The molecule has 0 saturated carbocycles. The Morgan fingerprint density at radius 3 is 1.71 bits per heavy atom. The van der Waals surface area contributed by atoms with Crippen LogP contribution in [-0.4, -0.2) is 0 Å². The standard InChI is InChI=1S/C60H37NS/c1-4-16-46-39(12-1)15-11-23-50(46)53-31-32-58(54-22-10-9-20-51(53)54)61(45-29-33-59-57(37-45)55-30-27-40-13-2-6-18-48(40)60(55)62-59)44-28-26-38-24-25-42(34-43(38)35-44)56-36-41-14-3-5-17-47(41)49-19-7-8-21-52(49)56/h1-37H. The third-order valence-corrected chi connectivity index (χ3v) is 14.2. The topological polar surface area (TPSA) is 3.24 Å². The van der Waals surface area contributed by atoms with Crippen LogP contribution in [0, 0.1) is 0 Å². The lowest BCUT2D eigenvalue weighted by molar-refractivity contribution is 1.31. The molecule has 0 unspecified atom stereocenters. The maximum Gasteiger partial charge on any atom is 0.0540 e. The zero-order valence-electron chi connectivity index (χ0n) is 33.7. The Morgan fingerprint density at radius 2 is 0.871 bits per heavy atom. The van der Waals surface area contributed by atoms with E-state index < -0.39 is 0 Å². The smallest absolute Gasteiger partial charge is 0.0540 e. The zero-order chi connectivity index (χ0) is 40.7. The first-order chi connectivity index (χ1) is 30.7. The molecule has 13 aromatic rings. The van der Waals surface area contributed by atoms with Crippen molar-refractivity contribution in [3.8, 4) is 22.3 Å². The van der Waals surface area contributed by atoms with Crippen molar-refractivity contribution in [1.82, 2.24) is 0 Å². The lowest BCUT2D eigenvalue weighted by atomic mass is 9.92. The largest absolute Gasteiger partial charge is 0.310 e. The van der Waals surface area contributed by atoms with Gasteiger partial charge in [-0.3, -0.25) is 0 Å². The first-order valence-corrected chi connectivity index (χ1v) is 22.1. The normalized spacial score (nSPS) is 11.9. The molecule has 0 aliphatic carbocycles. The summed E-state index contributed by atoms with van der Waals surface area (Å²) in [4.78, 5) is 2.48. The van der Waals surface area contributed by atoms with Crippen molar-refractivity contribution in [2.24, 2.45) is 0 Å². The minimum absolute atomic E-state index is 1.12. The predicted molar refractivity (Wildman–Crippen MR) is 270 cm³/mol. The van der Waals surface area contributed by atoms with E-state index in [1.165, 1.54) is 107 Å². The number of rotatable bonds is 5. The van der Waals surface area contributed by atoms with Crippen LogP contribution in [0.1, 0.15) is 0 Å². The number of nitrogens with zero attached hydrogens (tertiary/aromatic N) is 1. The summed E-state index contributed by atoms with van der Waals surface area (Å²) in [5, 5.41) is 17.6. The summed E-state index contributed by atoms with van der Waals surface area (Å²) in [7, 11) is 0. The molecule has 0 bridgehead atoms. The van der Waals surface area contributed by atoms with Gasteiger partial charge in [-0.1, -0.05) is 176 Å². The summed E-state index contributed by atoms with van der Waals surface area (Å²) in [6.45, 7) is 0. The van der Waals surface area contributed by atoms with E-state index in [-0.39, 0.29) is 0 Å². The van der Waals surface area contributed by atoms with Gasteiger partial charge in [0.2, 0.25) is 0 Å². The maximum absolute atomic E-state index is 2.48. The second kappa shape index (κ2) is 13.9. The van der Waals surface area contributed by atoms with E-state index in [1.807, 2.05) is 11.3 Å². The van der Waals surface area contributed by atoms with Gasteiger partial charge in [0.05, 0.1) is 5.69 Å². The van der Waals surface area contributed by atoms with Gasteiger partial charge in [-0.2, -0.15) is 0 Å². The molecule has 1 heterocycles. The van der Waals surface area contributed by atoms with Crippen LogP contribution in [0.5, 0.6) is 0 Å². The minimum Gasteiger partial charge on any atom is -0.310 e. The minimum atomic E-state index is 1.12. The molecule has 0 saturated heterocycles. The van der Waals surface area contributed by atoms with E-state index >= 15 is 0 Å². The molecule has 0 aliphatic rings. The lowest BCUT2D eigenvalue weighted by Crippen LogP contribution is -2.10. The number of benzene rings is 12. The molecular weight excluding hydrogens is 767 g/mol. The van der Waals surface area contributed by atoms with Gasteiger partial charge in [0.1, 0.15) is 0 Å². The van der Waals surface area contributed by atoms with Gasteiger partial charge < -0.3 is 4.90 Å². The van der Waals surface area contributed by atoms with E-state index in [0.717, 1.165) is 17.1 Å². The van der Waals surface area contributed by atoms with Crippen LogP contribution in [0.4, 0.5) is 17.1 Å². The van der Waals surface area contributed by atoms with Gasteiger partial charge in [-0.05, 0) is 130 Å². The van der Waals surface area contributed by atoms with Gasteiger partial charge >= 0.3 is 0 Å². The summed E-state index contributed by atoms with van der Waals surface area (Å²) in [5.41, 5.74) is 8.33. The highest BCUT2D eigenvalue weighted by Gasteiger charge is 2.20. The van der Waals surface area contributed by atoms with Crippen LogP contribution in [0.15, 0.2) is 224 Å². The van der Waals surface area contributed by atoms with E-state index in [2.05, 4.69) is 229 Å². The molecule has 62 heavy (non-hydrogen) atoms. The summed E-state index contributed by atoms with van der Waals surface area (Å²) in [5.74, 6) is 0. The number of hydrogen-bond acceptors (Lipinski definition) is 2. The van der Waals surface area contributed by atoms with Crippen molar-refractivity contribution >= 4 is 113 Å². The number of thiophene rings is 1. The number of hydrogen-bond donors (Lipinski definition) is 0. The second-order valence-corrected chi connectivity index (χ2v) is 17.5. The Balaban J connectivity index is 1.04. The third-order valence-electron chi connectivity index (χ3n) is 13.0. The average Bonchev–Trinajstić information content (AvgIpc) is 3.72. The monoisotopic (exact) mass is 803 g/mol. The highest BCUT2D eigenvalue weighted by molar-refractivity contribution is 7.26. The molecule has 0 spiro atoms.